The van der Waals surface area contributed by atoms with E-state index in [0.29, 0.717) is 18.4 Å². The first-order chi connectivity index (χ1) is 5.36. The van der Waals surface area contributed by atoms with Crippen LogP contribution >= 0.6 is 0 Å². The second kappa shape index (κ2) is 3.09. The molecule has 3 atom stereocenters. The van der Waals surface area contributed by atoms with Gasteiger partial charge in [-0.25, -0.2) is 0 Å². The second-order valence-corrected chi connectivity index (χ2v) is 3.41. The molecule has 2 aliphatic heterocycles. The maximum absolute atomic E-state index is 9.19. The molecule has 0 aliphatic carbocycles. The van der Waals surface area contributed by atoms with Crippen LogP contribution in [0.4, 0.5) is 0 Å². The number of hydrogen-bond acceptors (Lipinski definition) is 3. The van der Waals surface area contributed by atoms with Crippen molar-refractivity contribution in [3.63, 3.8) is 0 Å². The van der Waals surface area contributed by atoms with Crippen LogP contribution in [-0.4, -0.2) is 31.2 Å². The summed E-state index contributed by atoms with van der Waals surface area (Å²) in [6, 6.07) is 0. The number of fused-ring (bicyclic) bond motifs is 1. The molecule has 2 fully saturated rings. The summed E-state index contributed by atoms with van der Waals surface area (Å²) in [5, 5.41) is 9.19. The molecule has 1 unspecified atom stereocenters. The summed E-state index contributed by atoms with van der Waals surface area (Å²) in [4.78, 5) is 0. The van der Waals surface area contributed by atoms with Gasteiger partial charge in [0.15, 0.2) is 6.29 Å². The fraction of sp³-hybridized carbons (Fsp3) is 1.00. The van der Waals surface area contributed by atoms with Gasteiger partial charge in [0.1, 0.15) is 0 Å². The van der Waals surface area contributed by atoms with Crippen LogP contribution in [0.5, 0.6) is 0 Å². The maximum Gasteiger partial charge on any atom is 0.154 e. The van der Waals surface area contributed by atoms with E-state index in [4.69, 9.17) is 9.47 Å². The zero-order valence-electron chi connectivity index (χ0n) is 6.53. The highest BCUT2D eigenvalue weighted by molar-refractivity contribution is 4.77. The van der Waals surface area contributed by atoms with Crippen LogP contribution in [-0.2, 0) is 9.47 Å². The third kappa shape index (κ3) is 1.55. The van der Waals surface area contributed by atoms with Crippen LogP contribution in [0.3, 0.4) is 0 Å². The fourth-order valence-electron chi connectivity index (χ4n) is 1.90. The molecule has 0 saturated carbocycles. The van der Waals surface area contributed by atoms with E-state index in [2.05, 4.69) is 0 Å². The van der Waals surface area contributed by atoms with E-state index in [0.717, 1.165) is 26.1 Å². The molecule has 1 N–H and O–H groups in total. The topological polar surface area (TPSA) is 38.7 Å². The summed E-state index contributed by atoms with van der Waals surface area (Å²) in [6.07, 6.45) is 1.37. The van der Waals surface area contributed by atoms with Crippen molar-refractivity contribution in [1.29, 1.82) is 0 Å². The minimum atomic E-state index is -0.519. The van der Waals surface area contributed by atoms with Gasteiger partial charge in [0.2, 0.25) is 0 Å². The van der Waals surface area contributed by atoms with Crippen LogP contribution < -0.4 is 0 Å². The van der Waals surface area contributed by atoms with E-state index in [-0.39, 0.29) is 0 Å². The van der Waals surface area contributed by atoms with Crippen molar-refractivity contribution in [2.75, 3.05) is 19.8 Å². The van der Waals surface area contributed by atoms with Crippen LogP contribution in [0.1, 0.15) is 12.8 Å². The SMILES string of the molecule is OC1C[C@H]2CCOC[C@H]2CO1. The van der Waals surface area contributed by atoms with Gasteiger partial charge in [-0.15, -0.1) is 0 Å². The van der Waals surface area contributed by atoms with Crippen molar-refractivity contribution in [2.24, 2.45) is 11.8 Å². The Morgan fingerprint density at radius 3 is 3.00 bits per heavy atom. The van der Waals surface area contributed by atoms with Crippen LogP contribution in [0.25, 0.3) is 0 Å². The van der Waals surface area contributed by atoms with Gasteiger partial charge < -0.3 is 14.6 Å². The smallest absolute Gasteiger partial charge is 0.154 e. The predicted molar refractivity (Wildman–Crippen MR) is 39.0 cm³/mol. The highest BCUT2D eigenvalue weighted by Crippen LogP contribution is 2.30. The van der Waals surface area contributed by atoms with E-state index >= 15 is 0 Å². The van der Waals surface area contributed by atoms with Crippen LogP contribution in [0.2, 0.25) is 0 Å². The maximum atomic E-state index is 9.19. The Morgan fingerprint density at radius 1 is 1.18 bits per heavy atom. The summed E-state index contributed by atoms with van der Waals surface area (Å²) in [6.45, 7) is 2.34. The highest BCUT2D eigenvalue weighted by Gasteiger charge is 2.32. The van der Waals surface area contributed by atoms with Crippen molar-refractivity contribution >= 4 is 0 Å². The summed E-state index contributed by atoms with van der Waals surface area (Å²) in [5.74, 6) is 1.17. The Kier molecular flexibility index (Phi) is 2.11. The average molecular weight is 158 g/mol. The minimum Gasteiger partial charge on any atom is -0.381 e. The molecule has 0 aromatic carbocycles. The Bertz CT molecular complexity index is 137. The lowest BCUT2D eigenvalue weighted by Gasteiger charge is -2.37. The molecule has 0 spiro atoms. The Morgan fingerprint density at radius 2 is 2.09 bits per heavy atom. The molecule has 0 bridgehead atoms. The molecule has 0 amide bonds. The number of aliphatic hydroxyl groups is 1. The molecule has 0 radical (unpaired) electrons. The van der Waals surface area contributed by atoms with Gasteiger partial charge in [-0.3, -0.25) is 0 Å². The minimum absolute atomic E-state index is 0.519. The first-order valence-corrected chi connectivity index (χ1v) is 4.23. The summed E-state index contributed by atoms with van der Waals surface area (Å²) < 4.78 is 10.4. The second-order valence-electron chi connectivity index (χ2n) is 3.41. The summed E-state index contributed by atoms with van der Waals surface area (Å²) in [7, 11) is 0. The normalized spacial score (nSPS) is 45.0. The van der Waals surface area contributed by atoms with E-state index in [1.807, 2.05) is 0 Å². The zero-order chi connectivity index (χ0) is 7.68. The van der Waals surface area contributed by atoms with Crippen molar-refractivity contribution in [1.82, 2.24) is 0 Å². The van der Waals surface area contributed by atoms with Gasteiger partial charge in [0.05, 0.1) is 13.2 Å². The molecular weight excluding hydrogens is 144 g/mol. The standard InChI is InChI=1S/C8H14O3/c9-8-3-6-1-2-10-4-7(6)5-11-8/h6-9H,1-5H2/t6-,7+,8?/m1/s1. The lowest BCUT2D eigenvalue weighted by Crippen LogP contribution is -2.39. The van der Waals surface area contributed by atoms with Gasteiger partial charge in [-0.05, 0) is 12.3 Å². The predicted octanol–water partition coefficient (Wildman–Crippen LogP) is 0.378. The molecule has 11 heavy (non-hydrogen) atoms. The number of hydrogen-bond donors (Lipinski definition) is 1. The first-order valence-electron chi connectivity index (χ1n) is 4.23. The number of rotatable bonds is 0. The largest absolute Gasteiger partial charge is 0.381 e. The van der Waals surface area contributed by atoms with Crippen molar-refractivity contribution in [3.05, 3.63) is 0 Å². The Hall–Kier alpha value is -0.120. The van der Waals surface area contributed by atoms with Gasteiger partial charge >= 0.3 is 0 Å². The molecule has 0 aromatic heterocycles. The van der Waals surface area contributed by atoms with Crippen LogP contribution in [0, 0.1) is 11.8 Å². The van der Waals surface area contributed by atoms with Crippen LogP contribution in [0.15, 0.2) is 0 Å². The number of ether oxygens (including phenoxy) is 2. The van der Waals surface area contributed by atoms with Crippen molar-refractivity contribution in [2.45, 2.75) is 19.1 Å². The number of aliphatic hydroxyl groups excluding tert-OH is 1. The van der Waals surface area contributed by atoms with E-state index < -0.39 is 6.29 Å². The first kappa shape index (κ1) is 7.53. The Balaban J connectivity index is 1.93. The van der Waals surface area contributed by atoms with Gasteiger partial charge in [0, 0.05) is 18.9 Å². The van der Waals surface area contributed by atoms with E-state index in [9.17, 15) is 5.11 Å². The van der Waals surface area contributed by atoms with E-state index in [1.54, 1.807) is 0 Å². The molecule has 64 valence electrons. The lowest BCUT2D eigenvalue weighted by atomic mass is 9.84. The monoisotopic (exact) mass is 158 g/mol. The van der Waals surface area contributed by atoms with Gasteiger partial charge in [-0.1, -0.05) is 0 Å². The molecular formula is C8H14O3. The quantitative estimate of drug-likeness (QED) is 0.554. The molecule has 2 aliphatic rings. The molecule has 0 aromatic rings. The Labute approximate surface area is 66.3 Å². The van der Waals surface area contributed by atoms with Crippen molar-refractivity contribution < 1.29 is 14.6 Å². The molecule has 2 heterocycles. The molecule has 2 rings (SSSR count). The molecule has 3 heteroatoms. The average Bonchev–Trinajstić information content (AvgIpc) is 2.04. The van der Waals surface area contributed by atoms with Crippen molar-refractivity contribution in [3.8, 4) is 0 Å². The fourth-order valence-corrected chi connectivity index (χ4v) is 1.90. The summed E-state index contributed by atoms with van der Waals surface area (Å²) >= 11 is 0. The highest BCUT2D eigenvalue weighted by atomic mass is 16.6. The van der Waals surface area contributed by atoms with Gasteiger partial charge in [0.25, 0.3) is 0 Å². The lowest BCUT2D eigenvalue weighted by molar-refractivity contribution is -0.180. The summed E-state index contributed by atoms with van der Waals surface area (Å²) in [5.41, 5.74) is 0. The van der Waals surface area contributed by atoms with Gasteiger partial charge in [-0.2, -0.15) is 0 Å². The third-order valence-electron chi connectivity index (χ3n) is 2.64. The molecule has 2 saturated heterocycles. The molecule has 3 nitrogen and oxygen atoms in total. The zero-order valence-corrected chi connectivity index (χ0v) is 6.53. The van der Waals surface area contributed by atoms with E-state index in [1.165, 1.54) is 0 Å². The third-order valence-corrected chi connectivity index (χ3v) is 2.64.